The number of rotatable bonds is 7. The van der Waals surface area contributed by atoms with Gasteiger partial charge in [0, 0.05) is 20.3 Å². The lowest BCUT2D eigenvalue weighted by Gasteiger charge is -2.17. The minimum atomic E-state index is -3.53. The number of benzene rings is 1. The SMILES string of the molecule is C[C@H](NC(=O)[C@@H](C)Sc1ccc(S(=O)(=O)N(C)C)cn1)c1ccc(F)cc1. The van der Waals surface area contributed by atoms with Crippen molar-refractivity contribution in [2.75, 3.05) is 14.1 Å². The molecule has 27 heavy (non-hydrogen) atoms. The normalized spacial score (nSPS) is 14.0. The van der Waals surface area contributed by atoms with E-state index in [0.29, 0.717) is 5.03 Å². The van der Waals surface area contributed by atoms with Crippen LogP contribution < -0.4 is 5.32 Å². The minimum absolute atomic E-state index is 0.0962. The molecule has 1 amide bonds. The summed E-state index contributed by atoms with van der Waals surface area (Å²) in [5, 5.41) is 2.99. The monoisotopic (exact) mass is 411 g/mol. The molecular formula is C18H22FN3O3S2. The van der Waals surface area contributed by atoms with Crippen LogP contribution in [0.4, 0.5) is 4.39 Å². The molecule has 9 heteroatoms. The Morgan fingerprint density at radius 1 is 1.15 bits per heavy atom. The van der Waals surface area contributed by atoms with Crippen LogP contribution in [-0.2, 0) is 14.8 Å². The van der Waals surface area contributed by atoms with Gasteiger partial charge in [-0.05, 0) is 43.7 Å². The summed E-state index contributed by atoms with van der Waals surface area (Å²) in [7, 11) is -0.630. The number of amides is 1. The summed E-state index contributed by atoms with van der Waals surface area (Å²) in [5.74, 6) is -0.518. The average Bonchev–Trinajstić information content (AvgIpc) is 2.62. The van der Waals surface area contributed by atoms with E-state index in [4.69, 9.17) is 0 Å². The number of nitrogens with zero attached hydrogens (tertiary/aromatic N) is 2. The molecule has 6 nitrogen and oxygen atoms in total. The topological polar surface area (TPSA) is 79.4 Å². The molecule has 1 aromatic carbocycles. The molecule has 0 spiro atoms. The maximum atomic E-state index is 13.0. The third-order valence-electron chi connectivity index (χ3n) is 3.88. The van der Waals surface area contributed by atoms with Gasteiger partial charge in [0.15, 0.2) is 0 Å². The molecule has 0 fully saturated rings. The number of carbonyl (C=O) groups excluding carboxylic acids is 1. The van der Waals surface area contributed by atoms with Crippen molar-refractivity contribution in [3.8, 4) is 0 Å². The van der Waals surface area contributed by atoms with E-state index in [1.165, 1.54) is 50.3 Å². The summed E-state index contributed by atoms with van der Waals surface area (Å²) in [5.41, 5.74) is 0.804. The molecule has 146 valence electrons. The van der Waals surface area contributed by atoms with Crippen molar-refractivity contribution in [3.05, 3.63) is 54.0 Å². The maximum Gasteiger partial charge on any atom is 0.244 e. The van der Waals surface area contributed by atoms with Crippen molar-refractivity contribution in [1.29, 1.82) is 0 Å². The number of carbonyl (C=O) groups is 1. The van der Waals surface area contributed by atoms with Gasteiger partial charge in [-0.25, -0.2) is 22.1 Å². The van der Waals surface area contributed by atoms with E-state index < -0.39 is 15.3 Å². The highest BCUT2D eigenvalue weighted by Crippen LogP contribution is 2.24. The number of thioether (sulfide) groups is 1. The molecule has 0 unspecified atom stereocenters. The Hall–Kier alpha value is -1.97. The van der Waals surface area contributed by atoms with Gasteiger partial charge in [-0.2, -0.15) is 0 Å². The summed E-state index contributed by atoms with van der Waals surface area (Å²) < 4.78 is 38.2. The van der Waals surface area contributed by atoms with Gasteiger partial charge in [0.1, 0.15) is 10.7 Å². The highest BCUT2D eigenvalue weighted by molar-refractivity contribution is 8.00. The van der Waals surface area contributed by atoms with E-state index in [1.54, 1.807) is 25.1 Å². The first-order valence-corrected chi connectivity index (χ1v) is 10.5. The van der Waals surface area contributed by atoms with E-state index in [-0.39, 0.29) is 22.7 Å². The Morgan fingerprint density at radius 2 is 1.78 bits per heavy atom. The second-order valence-corrected chi connectivity index (χ2v) is 9.67. The van der Waals surface area contributed by atoms with Crippen molar-refractivity contribution in [1.82, 2.24) is 14.6 Å². The van der Waals surface area contributed by atoms with Crippen molar-refractivity contribution in [2.45, 2.75) is 35.1 Å². The molecule has 2 aromatic rings. The molecule has 1 heterocycles. The van der Waals surface area contributed by atoms with Gasteiger partial charge < -0.3 is 5.32 Å². The Morgan fingerprint density at radius 3 is 2.30 bits per heavy atom. The zero-order valence-corrected chi connectivity index (χ0v) is 17.1. The van der Waals surface area contributed by atoms with Crippen LogP contribution in [0, 0.1) is 5.82 Å². The van der Waals surface area contributed by atoms with E-state index in [0.717, 1.165) is 9.87 Å². The Kier molecular flexibility index (Phi) is 6.96. The van der Waals surface area contributed by atoms with Crippen molar-refractivity contribution in [3.63, 3.8) is 0 Å². The number of pyridine rings is 1. The van der Waals surface area contributed by atoms with Crippen LogP contribution in [0.3, 0.4) is 0 Å². The van der Waals surface area contributed by atoms with Crippen LogP contribution in [-0.4, -0.2) is 43.0 Å². The molecule has 0 saturated heterocycles. The largest absolute Gasteiger partial charge is 0.349 e. The predicted molar refractivity (Wildman–Crippen MR) is 103 cm³/mol. The van der Waals surface area contributed by atoms with Gasteiger partial charge in [-0.15, -0.1) is 0 Å². The number of hydrogen-bond donors (Lipinski definition) is 1. The van der Waals surface area contributed by atoms with Crippen molar-refractivity contribution in [2.24, 2.45) is 0 Å². The van der Waals surface area contributed by atoms with Crippen LogP contribution in [0.1, 0.15) is 25.5 Å². The minimum Gasteiger partial charge on any atom is -0.349 e. The maximum absolute atomic E-state index is 13.0. The molecule has 0 radical (unpaired) electrons. The molecule has 0 aliphatic rings. The molecule has 0 aliphatic carbocycles. The fraction of sp³-hybridized carbons (Fsp3) is 0.333. The summed E-state index contributed by atoms with van der Waals surface area (Å²) in [6, 6.07) is 8.74. The lowest BCUT2D eigenvalue weighted by Crippen LogP contribution is -2.33. The molecule has 2 atom stereocenters. The summed E-state index contributed by atoms with van der Waals surface area (Å²) in [4.78, 5) is 16.6. The lowest BCUT2D eigenvalue weighted by molar-refractivity contribution is -0.120. The Bertz CT molecular complexity index is 885. The second kappa shape index (κ2) is 8.81. The van der Waals surface area contributed by atoms with Gasteiger partial charge in [0.2, 0.25) is 15.9 Å². The van der Waals surface area contributed by atoms with Crippen molar-refractivity contribution < 1.29 is 17.6 Å². The van der Waals surface area contributed by atoms with E-state index in [2.05, 4.69) is 10.3 Å². The molecule has 1 aromatic heterocycles. The highest BCUT2D eigenvalue weighted by Gasteiger charge is 2.20. The number of aromatic nitrogens is 1. The molecule has 0 saturated carbocycles. The first-order valence-electron chi connectivity index (χ1n) is 8.22. The Balaban J connectivity index is 1.98. The number of hydrogen-bond acceptors (Lipinski definition) is 5. The smallest absolute Gasteiger partial charge is 0.244 e. The average molecular weight is 412 g/mol. The van der Waals surface area contributed by atoms with Crippen LogP contribution in [0.5, 0.6) is 0 Å². The first-order chi connectivity index (χ1) is 12.6. The second-order valence-electron chi connectivity index (χ2n) is 6.16. The van der Waals surface area contributed by atoms with Gasteiger partial charge in [0.25, 0.3) is 0 Å². The fourth-order valence-corrected chi connectivity index (χ4v) is 3.85. The molecular weight excluding hydrogens is 389 g/mol. The fourth-order valence-electron chi connectivity index (χ4n) is 2.20. The number of halogens is 1. The third kappa shape index (κ3) is 5.50. The summed E-state index contributed by atoms with van der Waals surface area (Å²) >= 11 is 1.23. The Labute approximate surface area is 163 Å². The summed E-state index contributed by atoms with van der Waals surface area (Å²) in [6.45, 7) is 3.56. The predicted octanol–water partition coefficient (Wildman–Crippen LogP) is 2.83. The lowest BCUT2D eigenvalue weighted by atomic mass is 10.1. The first kappa shape index (κ1) is 21.3. The van der Waals surface area contributed by atoms with Crippen LogP contribution >= 0.6 is 11.8 Å². The van der Waals surface area contributed by atoms with E-state index in [9.17, 15) is 17.6 Å². The quantitative estimate of drug-likeness (QED) is 0.709. The number of nitrogens with one attached hydrogen (secondary N) is 1. The molecule has 1 N–H and O–H groups in total. The van der Waals surface area contributed by atoms with Crippen LogP contribution in [0.2, 0.25) is 0 Å². The zero-order valence-electron chi connectivity index (χ0n) is 15.5. The van der Waals surface area contributed by atoms with Crippen LogP contribution in [0.25, 0.3) is 0 Å². The summed E-state index contributed by atoms with van der Waals surface area (Å²) in [6.07, 6.45) is 1.28. The molecule has 0 bridgehead atoms. The van der Waals surface area contributed by atoms with Gasteiger partial charge in [-0.1, -0.05) is 23.9 Å². The molecule has 0 aliphatic heterocycles. The van der Waals surface area contributed by atoms with Gasteiger partial charge >= 0.3 is 0 Å². The molecule has 2 rings (SSSR count). The highest BCUT2D eigenvalue weighted by atomic mass is 32.2. The van der Waals surface area contributed by atoms with Crippen molar-refractivity contribution >= 4 is 27.7 Å². The van der Waals surface area contributed by atoms with E-state index in [1.807, 2.05) is 6.92 Å². The van der Waals surface area contributed by atoms with Gasteiger partial charge in [-0.3, -0.25) is 4.79 Å². The van der Waals surface area contributed by atoms with E-state index >= 15 is 0 Å². The van der Waals surface area contributed by atoms with Crippen LogP contribution in [0.15, 0.2) is 52.5 Å². The van der Waals surface area contributed by atoms with Gasteiger partial charge in [0.05, 0.1) is 16.3 Å². The standard InChI is InChI=1S/C18H22FN3O3S2/c1-12(14-5-7-15(19)8-6-14)21-18(23)13(2)26-17-10-9-16(11-20-17)27(24,25)22(3)4/h5-13H,1-4H3,(H,21,23)/t12-,13+/m0/s1. The zero-order chi connectivity index (χ0) is 20.2. The number of sulfonamides is 1. The third-order valence-corrected chi connectivity index (χ3v) is 6.73.